The van der Waals surface area contributed by atoms with Crippen LogP contribution in [-0.2, 0) is 23.9 Å². The standard InChI is InChI=1S/C12H14O6/c1-17-12(16)18-7-4-8(13)10(9(14)5-7)11(15)6-2-3-6/h6-7,10H,2-5H2,1H3. The summed E-state index contributed by atoms with van der Waals surface area (Å²) in [5, 5.41) is 0. The molecule has 0 unspecified atom stereocenters. The van der Waals surface area contributed by atoms with Gasteiger partial charge < -0.3 is 9.47 Å². The summed E-state index contributed by atoms with van der Waals surface area (Å²) < 4.78 is 9.07. The first kappa shape index (κ1) is 12.7. The molecule has 0 amide bonds. The third-order valence-corrected chi connectivity index (χ3v) is 3.20. The molecule has 0 N–H and O–H groups in total. The van der Waals surface area contributed by atoms with E-state index in [0.717, 1.165) is 20.0 Å². The van der Waals surface area contributed by atoms with E-state index in [9.17, 15) is 19.2 Å². The Morgan fingerprint density at radius 3 is 2.11 bits per heavy atom. The van der Waals surface area contributed by atoms with Crippen molar-refractivity contribution in [2.24, 2.45) is 11.8 Å². The van der Waals surface area contributed by atoms with Crippen LogP contribution in [-0.4, -0.2) is 36.7 Å². The summed E-state index contributed by atoms with van der Waals surface area (Å²) in [7, 11) is 1.15. The number of rotatable bonds is 3. The lowest BCUT2D eigenvalue weighted by Gasteiger charge is -2.24. The van der Waals surface area contributed by atoms with Gasteiger partial charge in [0.2, 0.25) is 0 Å². The van der Waals surface area contributed by atoms with E-state index < -0.39 is 29.7 Å². The molecule has 0 aromatic heterocycles. The first-order chi connectivity index (χ1) is 8.52. The number of carbonyl (C=O) groups is 4. The largest absolute Gasteiger partial charge is 0.508 e. The van der Waals surface area contributed by atoms with Gasteiger partial charge in [-0.3, -0.25) is 14.4 Å². The molecular weight excluding hydrogens is 240 g/mol. The predicted octanol–water partition coefficient (Wildman–Crippen LogP) is 0.665. The van der Waals surface area contributed by atoms with E-state index in [4.69, 9.17) is 4.74 Å². The van der Waals surface area contributed by atoms with Crippen molar-refractivity contribution in [3.05, 3.63) is 0 Å². The molecule has 2 aliphatic carbocycles. The molecule has 0 radical (unpaired) electrons. The van der Waals surface area contributed by atoms with Crippen LogP contribution in [0.4, 0.5) is 4.79 Å². The van der Waals surface area contributed by atoms with E-state index >= 15 is 0 Å². The van der Waals surface area contributed by atoms with E-state index in [-0.39, 0.29) is 24.5 Å². The molecule has 6 nitrogen and oxygen atoms in total. The molecule has 2 fully saturated rings. The minimum atomic E-state index is -1.13. The molecule has 0 spiro atoms. The number of hydrogen-bond donors (Lipinski definition) is 0. The van der Waals surface area contributed by atoms with Gasteiger partial charge in [-0.15, -0.1) is 0 Å². The maximum atomic E-state index is 11.8. The Morgan fingerprint density at radius 1 is 1.11 bits per heavy atom. The fourth-order valence-electron chi connectivity index (χ4n) is 2.12. The molecule has 0 aliphatic heterocycles. The molecule has 0 aromatic carbocycles. The first-order valence-corrected chi connectivity index (χ1v) is 5.86. The third-order valence-electron chi connectivity index (χ3n) is 3.20. The van der Waals surface area contributed by atoms with Crippen LogP contribution in [0.15, 0.2) is 0 Å². The molecular formula is C12H14O6. The lowest BCUT2D eigenvalue weighted by Crippen LogP contribution is -2.42. The predicted molar refractivity (Wildman–Crippen MR) is 57.7 cm³/mol. The van der Waals surface area contributed by atoms with Crippen molar-refractivity contribution in [3.8, 4) is 0 Å². The second-order valence-corrected chi connectivity index (χ2v) is 4.64. The maximum absolute atomic E-state index is 11.8. The van der Waals surface area contributed by atoms with E-state index in [1.165, 1.54) is 0 Å². The number of Topliss-reactive ketones (excluding diaryl/α,β-unsaturated/α-hetero) is 3. The molecule has 6 heteroatoms. The topological polar surface area (TPSA) is 86.7 Å². The van der Waals surface area contributed by atoms with Crippen LogP contribution in [0.1, 0.15) is 25.7 Å². The molecule has 18 heavy (non-hydrogen) atoms. The zero-order valence-electron chi connectivity index (χ0n) is 10.0. The zero-order valence-corrected chi connectivity index (χ0v) is 10.0. The lowest BCUT2D eigenvalue weighted by molar-refractivity contribution is -0.145. The fourth-order valence-corrected chi connectivity index (χ4v) is 2.12. The summed E-state index contributed by atoms with van der Waals surface area (Å²) in [5.74, 6) is -2.41. The highest BCUT2D eigenvalue weighted by atomic mass is 16.7. The van der Waals surface area contributed by atoms with E-state index in [2.05, 4.69) is 4.74 Å². The van der Waals surface area contributed by atoms with Crippen molar-refractivity contribution in [1.29, 1.82) is 0 Å². The Kier molecular flexibility index (Phi) is 3.45. The van der Waals surface area contributed by atoms with Crippen molar-refractivity contribution in [3.63, 3.8) is 0 Å². The lowest BCUT2D eigenvalue weighted by atomic mass is 9.81. The van der Waals surface area contributed by atoms with Gasteiger partial charge in [0.25, 0.3) is 0 Å². The molecule has 0 heterocycles. The van der Waals surface area contributed by atoms with Crippen molar-refractivity contribution in [2.75, 3.05) is 7.11 Å². The summed E-state index contributed by atoms with van der Waals surface area (Å²) in [6, 6.07) is 0. The number of ketones is 3. The molecule has 0 atom stereocenters. The maximum Gasteiger partial charge on any atom is 0.508 e. The highest BCUT2D eigenvalue weighted by Gasteiger charge is 2.46. The SMILES string of the molecule is COC(=O)OC1CC(=O)C(C(=O)C2CC2)C(=O)C1. The van der Waals surface area contributed by atoms with E-state index in [1.54, 1.807) is 0 Å². The monoisotopic (exact) mass is 254 g/mol. The van der Waals surface area contributed by atoms with Crippen molar-refractivity contribution < 1.29 is 28.7 Å². The quantitative estimate of drug-likeness (QED) is 0.543. The van der Waals surface area contributed by atoms with Gasteiger partial charge in [-0.2, -0.15) is 0 Å². The van der Waals surface area contributed by atoms with Crippen molar-refractivity contribution >= 4 is 23.5 Å². The zero-order chi connectivity index (χ0) is 13.3. The van der Waals surface area contributed by atoms with Gasteiger partial charge in [-0.1, -0.05) is 0 Å². The Bertz CT molecular complexity index is 391. The Labute approximate surface area is 104 Å². The third kappa shape index (κ3) is 2.57. The normalized spacial score (nSPS) is 27.8. The summed E-state index contributed by atoms with van der Waals surface area (Å²) in [4.78, 5) is 46.3. The van der Waals surface area contributed by atoms with Gasteiger partial charge in [0.1, 0.15) is 12.0 Å². The van der Waals surface area contributed by atoms with Crippen LogP contribution in [0.25, 0.3) is 0 Å². The second kappa shape index (κ2) is 4.88. The van der Waals surface area contributed by atoms with Crippen LogP contribution in [0.3, 0.4) is 0 Å². The minimum Gasteiger partial charge on any atom is -0.438 e. The van der Waals surface area contributed by atoms with Crippen LogP contribution in [0.5, 0.6) is 0 Å². The van der Waals surface area contributed by atoms with E-state index in [1.807, 2.05) is 0 Å². The van der Waals surface area contributed by atoms with Crippen LogP contribution in [0, 0.1) is 11.8 Å². The van der Waals surface area contributed by atoms with Crippen LogP contribution in [0.2, 0.25) is 0 Å². The fraction of sp³-hybridized carbons (Fsp3) is 0.667. The smallest absolute Gasteiger partial charge is 0.438 e. The average molecular weight is 254 g/mol. The number of methoxy groups -OCH3 is 1. The van der Waals surface area contributed by atoms with E-state index in [0.29, 0.717) is 0 Å². The average Bonchev–Trinajstić information content (AvgIpc) is 3.11. The van der Waals surface area contributed by atoms with Gasteiger partial charge >= 0.3 is 6.16 Å². The summed E-state index contributed by atoms with van der Waals surface area (Å²) in [5.41, 5.74) is 0. The highest BCUT2D eigenvalue weighted by molar-refractivity contribution is 6.21. The number of carbonyl (C=O) groups excluding carboxylic acids is 4. The van der Waals surface area contributed by atoms with Gasteiger partial charge in [0, 0.05) is 18.8 Å². The van der Waals surface area contributed by atoms with Crippen LogP contribution >= 0.6 is 0 Å². The van der Waals surface area contributed by atoms with Gasteiger partial charge in [-0.25, -0.2) is 4.79 Å². The molecule has 2 rings (SSSR count). The van der Waals surface area contributed by atoms with Crippen LogP contribution < -0.4 is 0 Å². The summed E-state index contributed by atoms with van der Waals surface area (Å²) >= 11 is 0. The Hall–Kier alpha value is -1.72. The molecule has 98 valence electrons. The Balaban J connectivity index is 1.99. The van der Waals surface area contributed by atoms with Gasteiger partial charge in [0.05, 0.1) is 7.11 Å². The number of ether oxygens (including phenoxy) is 2. The first-order valence-electron chi connectivity index (χ1n) is 5.86. The second-order valence-electron chi connectivity index (χ2n) is 4.64. The summed E-state index contributed by atoms with van der Waals surface area (Å²) in [6.45, 7) is 0. The molecule has 0 aromatic rings. The number of hydrogen-bond acceptors (Lipinski definition) is 6. The summed E-state index contributed by atoms with van der Waals surface area (Å²) in [6.07, 6.45) is -0.391. The molecule has 0 bridgehead atoms. The highest BCUT2D eigenvalue weighted by Crippen LogP contribution is 2.35. The van der Waals surface area contributed by atoms with Gasteiger partial charge in [0.15, 0.2) is 17.3 Å². The minimum absolute atomic E-state index is 0.0933. The molecule has 0 saturated heterocycles. The molecule has 2 aliphatic rings. The van der Waals surface area contributed by atoms with Crippen molar-refractivity contribution in [2.45, 2.75) is 31.8 Å². The Morgan fingerprint density at radius 2 is 1.67 bits per heavy atom. The molecule has 2 saturated carbocycles. The van der Waals surface area contributed by atoms with Gasteiger partial charge in [-0.05, 0) is 12.8 Å². The van der Waals surface area contributed by atoms with Crippen molar-refractivity contribution in [1.82, 2.24) is 0 Å².